The molecule has 0 saturated carbocycles. The van der Waals surface area contributed by atoms with Gasteiger partial charge in [0.05, 0.1) is 5.56 Å². The number of rotatable bonds is 2. The molecule has 0 N–H and O–H groups in total. The Hall–Kier alpha value is -1.69. The second-order valence-electron chi connectivity index (χ2n) is 3.24. The van der Waals surface area contributed by atoms with Crippen LogP contribution in [-0.4, -0.2) is 11.3 Å². The second-order valence-corrected chi connectivity index (χ2v) is 4.10. The van der Waals surface area contributed by atoms with E-state index < -0.39 is 11.7 Å². The maximum atomic E-state index is 12.7. The highest BCUT2D eigenvalue weighted by Crippen LogP contribution is 2.37. The fraction of sp³-hybridized carbons (Fsp3) is 0.0909. The Morgan fingerprint density at radius 2 is 1.94 bits per heavy atom. The molecule has 2 nitrogen and oxygen atoms in total. The summed E-state index contributed by atoms with van der Waals surface area (Å²) in [7, 11) is 0. The number of carbonyl (C=O) groups excluding carboxylic acids is 1. The van der Waals surface area contributed by atoms with Crippen molar-refractivity contribution in [1.82, 2.24) is 4.98 Å². The molecule has 1 aromatic carbocycles. The Balaban J connectivity index is 2.55. The van der Waals surface area contributed by atoms with E-state index in [-0.39, 0.29) is 16.3 Å². The van der Waals surface area contributed by atoms with Gasteiger partial charge in [0.1, 0.15) is 10.7 Å². The fourth-order valence-electron chi connectivity index (χ4n) is 1.38. The zero-order chi connectivity index (χ0) is 12.5. The molecule has 0 aliphatic carbocycles. The number of benzene rings is 1. The van der Waals surface area contributed by atoms with Crippen molar-refractivity contribution >= 4 is 17.6 Å². The lowest BCUT2D eigenvalue weighted by Gasteiger charge is -2.10. The fourth-order valence-corrected chi connectivity index (χ4v) is 2.18. The van der Waals surface area contributed by atoms with E-state index in [1.807, 2.05) is 0 Å². The van der Waals surface area contributed by atoms with E-state index in [2.05, 4.69) is 4.98 Å². The summed E-state index contributed by atoms with van der Waals surface area (Å²) < 4.78 is 38.2. The predicted octanol–water partition coefficient (Wildman–Crippen LogP) is 3.64. The maximum Gasteiger partial charge on any atom is 0.417 e. The summed E-state index contributed by atoms with van der Waals surface area (Å²) in [5.74, 6) is 0. The van der Waals surface area contributed by atoms with Crippen molar-refractivity contribution in [2.75, 3.05) is 0 Å². The second kappa shape index (κ2) is 4.29. The molecule has 0 aliphatic heterocycles. The summed E-state index contributed by atoms with van der Waals surface area (Å²) in [6, 6.07) is 5.17. The molecular weight excluding hydrogens is 251 g/mol. The van der Waals surface area contributed by atoms with Crippen molar-refractivity contribution in [3.8, 4) is 10.6 Å². The lowest BCUT2D eigenvalue weighted by molar-refractivity contribution is -0.137. The molecule has 2 aromatic rings. The van der Waals surface area contributed by atoms with Gasteiger partial charge in [-0.25, -0.2) is 4.98 Å². The van der Waals surface area contributed by atoms with Crippen LogP contribution >= 0.6 is 11.3 Å². The van der Waals surface area contributed by atoms with Crippen LogP contribution in [0.2, 0.25) is 0 Å². The Labute approximate surface area is 98.7 Å². The van der Waals surface area contributed by atoms with Crippen LogP contribution in [0, 0.1) is 0 Å². The molecule has 0 radical (unpaired) electrons. The molecule has 1 heterocycles. The average Bonchev–Trinajstić information content (AvgIpc) is 2.76. The lowest BCUT2D eigenvalue weighted by atomic mass is 10.1. The number of alkyl halides is 3. The number of hydrogen-bond donors (Lipinski definition) is 0. The largest absolute Gasteiger partial charge is 0.417 e. The average molecular weight is 257 g/mol. The van der Waals surface area contributed by atoms with Gasteiger partial charge in [-0.05, 0) is 6.07 Å². The molecule has 0 atom stereocenters. The van der Waals surface area contributed by atoms with Gasteiger partial charge in [-0.1, -0.05) is 18.2 Å². The first-order valence-corrected chi connectivity index (χ1v) is 5.47. The molecule has 0 bridgehead atoms. The zero-order valence-electron chi connectivity index (χ0n) is 8.36. The van der Waals surface area contributed by atoms with Crippen LogP contribution in [0.4, 0.5) is 13.2 Å². The normalized spacial score (nSPS) is 11.5. The molecule has 0 aliphatic rings. The van der Waals surface area contributed by atoms with Gasteiger partial charge in [0, 0.05) is 10.9 Å². The summed E-state index contributed by atoms with van der Waals surface area (Å²) in [5.41, 5.74) is -0.605. The predicted molar refractivity (Wildman–Crippen MR) is 57.9 cm³/mol. The van der Waals surface area contributed by atoms with Crippen molar-refractivity contribution < 1.29 is 18.0 Å². The van der Waals surface area contributed by atoms with Crippen LogP contribution in [0.15, 0.2) is 29.6 Å². The highest BCUT2D eigenvalue weighted by Gasteiger charge is 2.33. The van der Waals surface area contributed by atoms with Gasteiger partial charge in [0.15, 0.2) is 6.29 Å². The smallest absolute Gasteiger partial charge is 0.296 e. The number of aldehydes is 1. The number of halogens is 3. The number of aromatic nitrogens is 1. The molecule has 0 spiro atoms. The minimum absolute atomic E-state index is 0.00176. The van der Waals surface area contributed by atoms with Crippen molar-refractivity contribution in [3.05, 3.63) is 40.9 Å². The molecule has 0 amide bonds. The van der Waals surface area contributed by atoms with Crippen LogP contribution < -0.4 is 0 Å². The Morgan fingerprint density at radius 1 is 1.24 bits per heavy atom. The SMILES string of the molecule is O=Cc1csc(-c2ccccc2C(F)(F)F)n1. The first-order chi connectivity index (χ1) is 8.02. The van der Waals surface area contributed by atoms with Crippen LogP contribution in [0.3, 0.4) is 0 Å². The van der Waals surface area contributed by atoms with Crippen LogP contribution in [0.1, 0.15) is 16.1 Å². The molecular formula is C11H6F3NOS. The standard InChI is InChI=1S/C11H6F3NOS/c12-11(13,14)9-4-2-1-3-8(9)10-15-7(5-16)6-17-10/h1-6H. The Kier molecular flexibility index (Phi) is 2.97. The minimum atomic E-state index is -4.43. The number of carbonyl (C=O) groups is 1. The van der Waals surface area contributed by atoms with E-state index >= 15 is 0 Å². The minimum Gasteiger partial charge on any atom is -0.296 e. The van der Waals surface area contributed by atoms with E-state index in [0.717, 1.165) is 17.4 Å². The van der Waals surface area contributed by atoms with Crippen LogP contribution in [0.5, 0.6) is 0 Å². The van der Waals surface area contributed by atoms with Gasteiger partial charge in [0.2, 0.25) is 0 Å². The first-order valence-electron chi connectivity index (χ1n) is 4.59. The topological polar surface area (TPSA) is 30.0 Å². The molecule has 0 unspecified atom stereocenters. The molecule has 2 rings (SSSR count). The molecule has 0 saturated heterocycles. The quantitative estimate of drug-likeness (QED) is 0.769. The third-order valence-electron chi connectivity index (χ3n) is 2.11. The van der Waals surface area contributed by atoms with Crippen LogP contribution in [-0.2, 0) is 6.18 Å². The lowest BCUT2D eigenvalue weighted by Crippen LogP contribution is -2.06. The molecule has 6 heteroatoms. The van der Waals surface area contributed by atoms with Gasteiger partial charge < -0.3 is 0 Å². The zero-order valence-corrected chi connectivity index (χ0v) is 9.18. The highest BCUT2D eigenvalue weighted by atomic mass is 32.1. The monoisotopic (exact) mass is 257 g/mol. The maximum absolute atomic E-state index is 12.7. The molecule has 17 heavy (non-hydrogen) atoms. The van der Waals surface area contributed by atoms with Crippen molar-refractivity contribution in [1.29, 1.82) is 0 Å². The van der Waals surface area contributed by atoms with Crippen LogP contribution in [0.25, 0.3) is 10.6 Å². The first kappa shape index (κ1) is 11.8. The molecule has 0 fully saturated rings. The van der Waals surface area contributed by atoms with Gasteiger partial charge in [-0.2, -0.15) is 13.2 Å². The van der Waals surface area contributed by atoms with E-state index in [1.165, 1.54) is 23.6 Å². The van der Waals surface area contributed by atoms with E-state index in [1.54, 1.807) is 0 Å². The van der Waals surface area contributed by atoms with Gasteiger partial charge >= 0.3 is 6.18 Å². The molecule has 1 aromatic heterocycles. The third-order valence-corrected chi connectivity index (χ3v) is 3.00. The van der Waals surface area contributed by atoms with E-state index in [9.17, 15) is 18.0 Å². The molecule has 88 valence electrons. The number of hydrogen-bond acceptors (Lipinski definition) is 3. The van der Waals surface area contributed by atoms with E-state index in [0.29, 0.717) is 6.29 Å². The van der Waals surface area contributed by atoms with Gasteiger partial charge in [-0.3, -0.25) is 4.79 Å². The Bertz CT molecular complexity index is 548. The summed E-state index contributed by atoms with van der Waals surface area (Å²) in [4.78, 5) is 14.3. The summed E-state index contributed by atoms with van der Waals surface area (Å²) in [6.45, 7) is 0. The van der Waals surface area contributed by atoms with Gasteiger partial charge in [-0.15, -0.1) is 11.3 Å². The number of nitrogens with zero attached hydrogens (tertiary/aromatic N) is 1. The van der Waals surface area contributed by atoms with Crippen molar-refractivity contribution in [2.24, 2.45) is 0 Å². The van der Waals surface area contributed by atoms with Crippen molar-refractivity contribution in [2.45, 2.75) is 6.18 Å². The van der Waals surface area contributed by atoms with E-state index in [4.69, 9.17) is 0 Å². The summed E-state index contributed by atoms with van der Waals surface area (Å²) >= 11 is 1.02. The Morgan fingerprint density at radius 3 is 2.53 bits per heavy atom. The van der Waals surface area contributed by atoms with Gasteiger partial charge in [0.25, 0.3) is 0 Å². The third kappa shape index (κ3) is 2.36. The summed E-state index contributed by atoms with van der Waals surface area (Å²) in [6.07, 6.45) is -3.92. The number of thiazole rings is 1. The van der Waals surface area contributed by atoms with Crippen molar-refractivity contribution in [3.63, 3.8) is 0 Å². The highest BCUT2D eigenvalue weighted by molar-refractivity contribution is 7.13. The summed E-state index contributed by atoms with van der Waals surface area (Å²) in [5, 5.41) is 1.62.